The van der Waals surface area contributed by atoms with E-state index in [0.717, 1.165) is 6.20 Å². The molecule has 1 saturated carbocycles. The number of carbonyl (C=O) groups is 1. The number of rotatable bonds is 7. The van der Waals surface area contributed by atoms with Crippen LogP contribution in [0.3, 0.4) is 0 Å². The minimum atomic E-state index is -4.67. The van der Waals surface area contributed by atoms with Crippen LogP contribution in [0.25, 0.3) is 11.2 Å². The Labute approximate surface area is 183 Å². The highest BCUT2D eigenvalue weighted by Gasteiger charge is 2.42. The van der Waals surface area contributed by atoms with Gasteiger partial charge in [0, 0.05) is 36.5 Å². The third-order valence-electron chi connectivity index (χ3n) is 4.93. The number of nitrogens with zero attached hydrogens (tertiary/aromatic N) is 4. The van der Waals surface area contributed by atoms with E-state index in [1.165, 1.54) is 16.7 Å². The molecule has 1 aliphatic carbocycles. The van der Waals surface area contributed by atoms with Crippen molar-refractivity contribution in [2.45, 2.75) is 37.6 Å². The molecule has 0 bridgehead atoms. The van der Waals surface area contributed by atoms with Crippen molar-refractivity contribution < 1.29 is 31.5 Å². The summed E-state index contributed by atoms with van der Waals surface area (Å²) in [5.41, 5.74) is 0.858. The smallest absolute Gasteiger partial charge is 0.421 e. The molecule has 1 amide bonds. The fourth-order valence-electron chi connectivity index (χ4n) is 3.21. The number of halogens is 5. The van der Waals surface area contributed by atoms with Crippen LogP contribution in [-0.2, 0) is 4.74 Å². The molecular weight excluding hydrogens is 458 g/mol. The van der Waals surface area contributed by atoms with Gasteiger partial charge in [0.2, 0.25) is 11.8 Å². The number of ether oxygens (including phenoxy) is 1. The van der Waals surface area contributed by atoms with Gasteiger partial charge in [0.15, 0.2) is 5.82 Å². The van der Waals surface area contributed by atoms with Crippen molar-refractivity contribution in [3.8, 4) is 0 Å². The number of amides is 1. The number of imidazole rings is 1. The first kappa shape index (κ1) is 22.2. The summed E-state index contributed by atoms with van der Waals surface area (Å²) < 4.78 is 60.9. The molecule has 1 aliphatic rings. The van der Waals surface area contributed by atoms with E-state index in [1.54, 1.807) is 0 Å². The van der Waals surface area contributed by atoms with E-state index in [1.807, 2.05) is 0 Å². The molecule has 0 unspecified atom stereocenters. The number of pyridine rings is 1. The molecule has 3 heterocycles. The number of carbonyl (C=O) groups excluding carboxylic acids is 1. The van der Waals surface area contributed by atoms with Gasteiger partial charge < -0.3 is 14.1 Å². The lowest BCUT2D eigenvalue weighted by atomic mass is 9.82. The summed E-state index contributed by atoms with van der Waals surface area (Å²) in [7, 11) is 0. The topological polar surface area (TPSA) is 94.6 Å². The quantitative estimate of drug-likeness (QED) is 0.519. The van der Waals surface area contributed by atoms with Gasteiger partial charge in [-0.15, -0.1) is 23.4 Å². The second-order valence-electron chi connectivity index (χ2n) is 7.27. The monoisotopic (exact) mass is 473 g/mol. The predicted molar refractivity (Wildman–Crippen MR) is 103 cm³/mol. The Morgan fingerprint density at radius 1 is 1.34 bits per heavy atom. The van der Waals surface area contributed by atoms with E-state index >= 15 is 0 Å². The number of alkyl halides is 3. The molecule has 8 nitrogen and oxygen atoms in total. The highest BCUT2D eigenvalue weighted by atomic mass is 35.5. The average Bonchev–Trinajstić information content (AvgIpc) is 3.31. The zero-order valence-electron chi connectivity index (χ0n) is 16.3. The van der Waals surface area contributed by atoms with Gasteiger partial charge >= 0.3 is 6.36 Å². The maximum Gasteiger partial charge on any atom is 0.522 e. The van der Waals surface area contributed by atoms with Crippen molar-refractivity contribution in [3.63, 3.8) is 0 Å². The lowest BCUT2D eigenvalue weighted by Crippen LogP contribution is -2.34. The Balaban J connectivity index is 1.26. The van der Waals surface area contributed by atoms with E-state index in [2.05, 4.69) is 31.8 Å². The maximum absolute atomic E-state index is 13.5. The molecule has 0 radical (unpaired) electrons. The normalized spacial score (nSPS) is 18.5. The van der Waals surface area contributed by atoms with E-state index in [9.17, 15) is 22.4 Å². The summed E-state index contributed by atoms with van der Waals surface area (Å²) in [6, 6.07) is 1.31. The van der Waals surface area contributed by atoms with Crippen LogP contribution in [-0.4, -0.2) is 44.5 Å². The second kappa shape index (κ2) is 8.51. The van der Waals surface area contributed by atoms with Crippen LogP contribution in [0, 0.1) is 5.82 Å². The van der Waals surface area contributed by atoms with Gasteiger partial charge in [0.1, 0.15) is 11.3 Å². The van der Waals surface area contributed by atoms with Crippen molar-refractivity contribution in [1.82, 2.24) is 24.9 Å². The van der Waals surface area contributed by atoms with Crippen molar-refractivity contribution >= 4 is 28.7 Å². The molecular formula is C19H16ClF4N5O3. The summed E-state index contributed by atoms with van der Waals surface area (Å²) >= 11 is 5.71. The summed E-state index contributed by atoms with van der Waals surface area (Å²) in [5.74, 6) is -1.04. The third-order valence-corrected chi connectivity index (χ3v) is 5.22. The fraction of sp³-hybridized carbons (Fsp3) is 0.368. The van der Waals surface area contributed by atoms with Crippen LogP contribution in [0.1, 0.15) is 47.5 Å². The van der Waals surface area contributed by atoms with Crippen LogP contribution in [0.15, 0.2) is 29.5 Å². The average molecular weight is 474 g/mol. The highest BCUT2D eigenvalue weighted by Crippen LogP contribution is 2.41. The Kier molecular flexibility index (Phi) is 5.91. The van der Waals surface area contributed by atoms with Crippen LogP contribution in [0.2, 0.25) is 5.02 Å². The number of fused-ring (bicyclic) bond motifs is 1. The molecule has 0 saturated heterocycles. The summed E-state index contributed by atoms with van der Waals surface area (Å²) in [5, 5.41) is 10.3. The van der Waals surface area contributed by atoms with Crippen molar-refractivity contribution in [1.29, 1.82) is 0 Å². The van der Waals surface area contributed by atoms with Crippen molar-refractivity contribution in [2.24, 2.45) is 0 Å². The van der Waals surface area contributed by atoms with Gasteiger partial charge in [0.25, 0.3) is 5.91 Å². The molecule has 32 heavy (non-hydrogen) atoms. The minimum absolute atomic E-state index is 0.0815. The summed E-state index contributed by atoms with van der Waals surface area (Å²) in [6.07, 6.45) is -2.53. The molecule has 1 N–H and O–H groups in total. The SMILES string of the molecule is C=C(CCNC(=O)c1cn2cc(F)c(Cl)cc2n1)c1nnc(C2CC(OC(F)(F)F)C2)o1. The molecule has 1 fully saturated rings. The molecule has 170 valence electrons. The van der Waals surface area contributed by atoms with Gasteiger partial charge in [-0.2, -0.15) is 0 Å². The first-order chi connectivity index (χ1) is 15.1. The number of hydrogen-bond donors (Lipinski definition) is 1. The predicted octanol–water partition coefficient (Wildman–Crippen LogP) is 4.13. The van der Waals surface area contributed by atoms with Crippen molar-refractivity contribution in [2.75, 3.05) is 6.54 Å². The number of aromatic nitrogens is 4. The molecule has 0 aliphatic heterocycles. The molecule has 0 atom stereocenters. The molecule has 3 aromatic heterocycles. The second-order valence-corrected chi connectivity index (χ2v) is 7.68. The van der Waals surface area contributed by atoms with Gasteiger partial charge in [-0.05, 0) is 19.3 Å². The van der Waals surface area contributed by atoms with Crippen molar-refractivity contribution in [3.05, 3.63) is 53.4 Å². The zero-order valence-corrected chi connectivity index (χ0v) is 17.1. The Bertz CT molecular complexity index is 1130. The van der Waals surface area contributed by atoms with Crippen LogP contribution < -0.4 is 5.32 Å². The molecule has 13 heteroatoms. The Morgan fingerprint density at radius 2 is 2.09 bits per heavy atom. The molecule has 3 aromatic rings. The van der Waals surface area contributed by atoms with Crippen LogP contribution >= 0.6 is 11.6 Å². The van der Waals surface area contributed by atoms with E-state index in [-0.39, 0.29) is 54.2 Å². The third kappa shape index (κ3) is 4.91. The first-order valence-corrected chi connectivity index (χ1v) is 9.85. The highest BCUT2D eigenvalue weighted by molar-refractivity contribution is 6.31. The van der Waals surface area contributed by atoms with E-state index in [4.69, 9.17) is 16.0 Å². The van der Waals surface area contributed by atoms with Gasteiger partial charge in [-0.3, -0.25) is 9.53 Å². The standard InChI is InChI=1S/C19H16ClF4N5O3/c1-9(17-27-28-18(31-17)10-4-11(5-10)32-19(22,23)24)2-3-25-16(30)14-8-29-7-13(21)12(20)6-15(29)26-14/h6-8,10-11H,1-5H2,(H,25,30). The summed E-state index contributed by atoms with van der Waals surface area (Å²) in [4.78, 5) is 16.4. The van der Waals surface area contributed by atoms with E-state index < -0.39 is 24.2 Å². The first-order valence-electron chi connectivity index (χ1n) is 9.47. The lowest BCUT2D eigenvalue weighted by Gasteiger charge is -2.32. The molecule has 0 spiro atoms. The van der Waals surface area contributed by atoms with Gasteiger partial charge in [-0.25, -0.2) is 9.37 Å². The van der Waals surface area contributed by atoms with E-state index in [0.29, 0.717) is 11.2 Å². The van der Waals surface area contributed by atoms with Crippen LogP contribution in [0.4, 0.5) is 17.6 Å². The Hall–Kier alpha value is -2.99. The zero-order chi connectivity index (χ0) is 23.0. The number of hydrogen-bond acceptors (Lipinski definition) is 6. The molecule has 0 aromatic carbocycles. The van der Waals surface area contributed by atoms with Gasteiger partial charge in [-0.1, -0.05) is 18.2 Å². The fourth-order valence-corrected chi connectivity index (χ4v) is 3.36. The minimum Gasteiger partial charge on any atom is -0.421 e. The Morgan fingerprint density at radius 3 is 2.81 bits per heavy atom. The lowest BCUT2D eigenvalue weighted by molar-refractivity contribution is -0.352. The van der Waals surface area contributed by atoms with Gasteiger partial charge in [0.05, 0.1) is 11.1 Å². The number of nitrogens with one attached hydrogen (secondary N) is 1. The van der Waals surface area contributed by atoms with Crippen LogP contribution in [0.5, 0.6) is 0 Å². The molecule has 4 rings (SSSR count). The maximum atomic E-state index is 13.5. The summed E-state index contributed by atoms with van der Waals surface area (Å²) in [6.45, 7) is 4.02. The largest absolute Gasteiger partial charge is 0.522 e.